The van der Waals surface area contributed by atoms with Crippen molar-refractivity contribution in [1.29, 1.82) is 0 Å². The summed E-state index contributed by atoms with van der Waals surface area (Å²) in [4.78, 5) is 23.4. The highest BCUT2D eigenvalue weighted by molar-refractivity contribution is 7.91. The van der Waals surface area contributed by atoms with Crippen LogP contribution >= 0.6 is 0 Å². The predicted octanol–water partition coefficient (Wildman–Crippen LogP) is 0.120. The fourth-order valence-corrected chi connectivity index (χ4v) is 3.89. The molecule has 1 saturated heterocycles. The van der Waals surface area contributed by atoms with E-state index in [0.29, 0.717) is 17.9 Å². The summed E-state index contributed by atoms with van der Waals surface area (Å²) in [6.45, 7) is -0.220. The van der Waals surface area contributed by atoms with E-state index in [1.807, 2.05) is 0 Å². The van der Waals surface area contributed by atoms with Crippen molar-refractivity contribution in [3.8, 4) is 5.75 Å². The number of benzene rings is 1. The Morgan fingerprint density at radius 2 is 2.13 bits per heavy atom. The molecular weight excluding hydrogens is 322 g/mol. The number of hydrogen-bond acceptors (Lipinski definition) is 5. The Hall–Kier alpha value is -2.29. The monoisotopic (exact) mass is 341 g/mol. The van der Waals surface area contributed by atoms with Crippen molar-refractivity contribution >= 4 is 27.5 Å². The number of anilines is 1. The van der Waals surface area contributed by atoms with E-state index in [2.05, 4.69) is 16.0 Å². The molecule has 3 amide bonds. The minimum Gasteiger partial charge on any atom is -0.497 e. The molecular formula is C14H19N3O5S. The van der Waals surface area contributed by atoms with Crippen molar-refractivity contribution in [2.24, 2.45) is 0 Å². The van der Waals surface area contributed by atoms with Gasteiger partial charge in [0.1, 0.15) is 5.75 Å². The largest absolute Gasteiger partial charge is 0.497 e. The highest BCUT2D eigenvalue weighted by atomic mass is 32.2. The normalized spacial score (nSPS) is 18.9. The first-order valence-corrected chi connectivity index (χ1v) is 8.89. The van der Waals surface area contributed by atoms with Crippen molar-refractivity contribution in [1.82, 2.24) is 10.6 Å². The fourth-order valence-electron chi connectivity index (χ4n) is 2.21. The second kappa shape index (κ2) is 7.32. The third-order valence-electron chi connectivity index (χ3n) is 3.33. The van der Waals surface area contributed by atoms with Gasteiger partial charge in [0.2, 0.25) is 5.91 Å². The van der Waals surface area contributed by atoms with Crippen LogP contribution in [0.25, 0.3) is 0 Å². The third kappa shape index (κ3) is 5.44. The average molecular weight is 341 g/mol. The van der Waals surface area contributed by atoms with Gasteiger partial charge in [-0.15, -0.1) is 0 Å². The van der Waals surface area contributed by atoms with Crippen molar-refractivity contribution in [2.45, 2.75) is 12.5 Å². The summed E-state index contributed by atoms with van der Waals surface area (Å²) < 4.78 is 27.6. The number of rotatable bonds is 5. The van der Waals surface area contributed by atoms with E-state index in [1.165, 1.54) is 7.11 Å². The molecule has 0 bridgehead atoms. The second-order valence-electron chi connectivity index (χ2n) is 5.21. The van der Waals surface area contributed by atoms with Crippen molar-refractivity contribution in [3.05, 3.63) is 24.3 Å². The Morgan fingerprint density at radius 1 is 1.35 bits per heavy atom. The summed E-state index contributed by atoms with van der Waals surface area (Å²) in [7, 11) is -1.53. The molecule has 0 unspecified atom stereocenters. The maximum absolute atomic E-state index is 11.8. The van der Waals surface area contributed by atoms with Crippen LogP contribution in [0.5, 0.6) is 5.75 Å². The van der Waals surface area contributed by atoms with Crippen LogP contribution in [-0.4, -0.2) is 51.6 Å². The standard InChI is InChI=1S/C14H19N3O5S/c1-22-12-4-2-3-10(7-12)16-13(18)8-15-14(19)17-11-5-6-23(20,21)9-11/h2-4,7,11H,5-6,8-9H2,1H3,(H,16,18)(H2,15,17,19)/t11-/m0/s1. The molecule has 0 saturated carbocycles. The zero-order valence-corrected chi connectivity index (χ0v) is 13.5. The first kappa shape index (κ1) is 17.1. The number of methoxy groups -OCH3 is 1. The van der Waals surface area contributed by atoms with Crippen LogP contribution in [-0.2, 0) is 14.6 Å². The SMILES string of the molecule is COc1cccc(NC(=O)CNC(=O)N[C@H]2CCS(=O)(=O)C2)c1. The number of sulfone groups is 1. The lowest BCUT2D eigenvalue weighted by Gasteiger charge is -2.12. The van der Waals surface area contributed by atoms with Gasteiger partial charge in [0, 0.05) is 17.8 Å². The molecule has 1 fully saturated rings. The van der Waals surface area contributed by atoms with Gasteiger partial charge in [0.15, 0.2) is 9.84 Å². The van der Waals surface area contributed by atoms with Crippen molar-refractivity contribution in [2.75, 3.05) is 30.5 Å². The number of ether oxygens (including phenoxy) is 1. The lowest BCUT2D eigenvalue weighted by Crippen LogP contribution is -2.45. The van der Waals surface area contributed by atoms with Gasteiger partial charge < -0.3 is 20.7 Å². The van der Waals surface area contributed by atoms with E-state index in [1.54, 1.807) is 24.3 Å². The first-order chi connectivity index (χ1) is 10.9. The lowest BCUT2D eigenvalue weighted by molar-refractivity contribution is -0.115. The molecule has 1 aromatic rings. The van der Waals surface area contributed by atoms with Crippen LogP contribution in [0, 0.1) is 0 Å². The van der Waals surface area contributed by atoms with E-state index in [9.17, 15) is 18.0 Å². The topological polar surface area (TPSA) is 114 Å². The summed E-state index contributed by atoms with van der Waals surface area (Å²) in [5.41, 5.74) is 0.554. The number of hydrogen-bond donors (Lipinski definition) is 3. The Kier molecular flexibility index (Phi) is 5.43. The van der Waals surface area contributed by atoms with Gasteiger partial charge in [-0.3, -0.25) is 4.79 Å². The van der Waals surface area contributed by atoms with Gasteiger partial charge in [-0.1, -0.05) is 6.07 Å². The maximum atomic E-state index is 11.8. The number of urea groups is 1. The molecule has 1 aliphatic rings. The minimum atomic E-state index is -3.05. The Bertz CT molecular complexity index is 689. The molecule has 1 aliphatic heterocycles. The number of amides is 3. The third-order valence-corrected chi connectivity index (χ3v) is 5.10. The van der Waals surface area contributed by atoms with Crippen LogP contribution in [0.15, 0.2) is 24.3 Å². The maximum Gasteiger partial charge on any atom is 0.315 e. The minimum absolute atomic E-state index is 0.0591. The number of carbonyl (C=O) groups excluding carboxylic acids is 2. The first-order valence-electron chi connectivity index (χ1n) is 7.06. The highest BCUT2D eigenvalue weighted by Gasteiger charge is 2.28. The highest BCUT2D eigenvalue weighted by Crippen LogP contribution is 2.16. The van der Waals surface area contributed by atoms with Gasteiger partial charge in [-0.05, 0) is 18.6 Å². The smallest absolute Gasteiger partial charge is 0.315 e. The average Bonchev–Trinajstić information content (AvgIpc) is 2.84. The molecule has 126 valence electrons. The van der Waals surface area contributed by atoms with Gasteiger partial charge in [0.25, 0.3) is 0 Å². The molecule has 1 aromatic carbocycles. The van der Waals surface area contributed by atoms with Crippen LogP contribution in [0.1, 0.15) is 6.42 Å². The van der Waals surface area contributed by atoms with Crippen LogP contribution in [0.2, 0.25) is 0 Å². The second-order valence-corrected chi connectivity index (χ2v) is 7.44. The Balaban J connectivity index is 1.74. The Morgan fingerprint density at radius 3 is 2.78 bits per heavy atom. The zero-order chi connectivity index (χ0) is 16.9. The predicted molar refractivity (Wildman–Crippen MR) is 85.2 cm³/mol. The molecule has 0 spiro atoms. The molecule has 1 heterocycles. The fraction of sp³-hybridized carbons (Fsp3) is 0.429. The molecule has 3 N–H and O–H groups in total. The van der Waals surface area contributed by atoms with Gasteiger partial charge in [-0.2, -0.15) is 0 Å². The molecule has 0 radical (unpaired) electrons. The number of nitrogens with one attached hydrogen (secondary N) is 3. The summed E-state index contributed by atoms with van der Waals surface area (Å²) >= 11 is 0. The van der Waals surface area contributed by atoms with Crippen LogP contribution < -0.4 is 20.7 Å². The Labute approximate surface area is 134 Å². The van der Waals surface area contributed by atoms with Crippen molar-refractivity contribution < 1.29 is 22.7 Å². The number of carbonyl (C=O) groups is 2. The van der Waals surface area contributed by atoms with Crippen LogP contribution in [0.3, 0.4) is 0 Å². The van der Waals surface area contributed by atoms with E-state index in [-0.39, 0.29) is 18.1 Å². The van der Waals surface area contributed by atoms with Gasteiger partial charge in [-0.25, -0.2) is 13.2 Å². The van der Waals surface area contributed by atoms with Crippen molar-refractivity contribution in [3.63, 3.8) is 0 Å². The summed E-state index contributed by atoms with van der Waals surface area (Å²) in [5.74, 6) is 0.230. The van der Waals surface area contributed by atoms with E-state index >= 15 is 0 Å². The molecule has 8 nitrogen and oxygen atoms in total. The molecule has 0 aliphatic carbocycles. The summed E-state index contributed by atoms with van der Waals surface area (Å²) in [6, 6.07) is 5.87. The molecule has 9 heteroatoms. The van der Waals surface area contributed by atoms with E-state index in [0.717, 1.165) is 0 Å². The van der Waals surface area contributed by atoms with Gasteiger partial charge >= 0.3 is 6.03 Å². The van der Waals surface area contributed by atoms with E-state index < -0.39 is 27.8 Å². The van der Waals surface area contributed by atoms with Crippen LogP contribution in [0.4, 0.5) is 10.5 Å². The summed E-state index contributed by atoms with van der Waals surface area (Å²) in [6.07, 6.45) is 0.395. The summed E-state index contributed by atoms with van der Waals surface area (Å²) in [5, 5.41) is 7.56. The molecule has 0 aromatic heterocycles. The van der Waals surface area contributed by atoms with E-state index in [4.69, 9.17) is 4.74 Å². The lowest BCUT2D eigenvalue weighted by atomic mass is 10.3. The molecule has 2 rings (SSSR count). The molecule has 23 heavy (non-hydrogen) atoms. The zero-order valence-electron chi connectivity index (χ0n) is 12.7. The molecule has 1 atom stereocenters. The quantitative estimate of drug-likeness (QED) is 0.704. The van der Waals surface area contributed by atoms with Gasteiger partial charge in [0.05, 0.1) is 25.2 Å².